The van der Waals surface area contributed by atoms with Gasteiger partial charge >= 0.3 is 6.09 Å². The molecule has 1 aromatic rings. The average Bonchev–Trinajstić information content (AvgIpc) is 2.38. The second-order valence-corrected chi connectivity index (χ2v) is 6.42. The van der Waals surface area contributed by atoms with Gasteiger partial charge in [0.1, 0.15) is 11.4 Å². The number of alkyl halides is 1. The number of rotatable bonds is 4. The van der Waals surface area contributed by atoms with Crippen LogP contribution in [0.1, 0.15) is 38.8 Å². The minimum atomic E-state index is -0.688. The topological polar surface area (TPSA) is 79.2 Å². The summed E-state index contributed by atoms with van der Waals surface area (Å²) in [6.45, 7) is 6.67. The summed E-state index contributed by atoms with van der Waals surface area (Å²) in [5.41, 5.74) is 0.842. The van der Waals surface area contributed by atoms with Gasteiger partial charge in [-0.15, -0.1) is 11.6 Å². The molecule has 1 unspecified atom stereocenters. The molecule has 1 N–H and O–H groups in total. The van der Waals surface area contributed by atoms with Crippen LogP contribution in [0.2, 0.25) is 0 Å². The lowest BCUT2D eigenvalue weighted by Gasteiger charge is -2.20. The molecule has 0 saturated carbocycles. The smallest absolute Gasteiger partial charge is 0.412 e. The Morgan fingerprint density at radius 3 is 2.55 bits per heavy atom. The predicted octanol–water partition coefficient (Wildman–Crippen LogP) is 3.64. The zero-order chi connectivity index (χ0) is 16.9. The minimum Gasteiger partial charge on any atom is -0.444 e. The summed E-state index contributed by atoms with van der Waals surface area (Å²) in [7, 11) is 0. The van der Waals surface area contributed by atoms with Crippen LogP contribution >= 0.6 is 11.6 Å². The third kappa shape index (κ3) is 5.74. The van der Waals surface area contributed by atoms with Gasteiger partial charge in [-0.3, -0.25) is 10.1 Å². The second-order valence-electron chi connectivity index (χ2n) is 5.89. The number of halogens is 1. The molecule has 1 amide bonds. The van der Waals surface area contributed by atoms with Crippen molar-refractivity contribution in [3.05, 3.63) is 29.3 Å². The molecule has 22 heavy (non-hydrogen) atoms. The SMILES string of the molecule is CC(=O)C(Cl)Cc1ccc(C#N)cc1NC(=O)OC(C)(C)C. The molecule has 0 spiro atoms. The Hall–Kier alpha value is -2.06. The first-order valence-electron chi connectivity index (χ1n) is 6.80. The van der Waals surface area contributed by atoms with E-state index in [9.17, 15) is 9.59 Å². The maximum Gasteiger partial charge on any atom is 0.412 e. The molecule has 0 radical (unpaired) electrons. The van der Waals surface area contributed by atoms with E-state index in [1.54, 1.807) is 32.9 Å². The molecule has 0 saturated heterocycles. The van der Waals surface area contributed by atoms with E-state index in [1.807, 2.05) is 6.07 Å². The summed E-state index contributed by atoms with van der Waals surface area (Å²) < 4.78 is 5.19. The van der Waals surface area contributed by atoms with Crippen LogP contribution in [-0.2, 0) is 16.0 Å². The third-order valence-corrected chi connectivity index (χ3v) is 3.18. The number of ether oxygens (including phenoxy) is 1. The number of anilines is 1. The number of nitriles is 1. The van der Waals surface area contributed by atoms with Crippen molar-refractivity contribution in [3.63, 3.8) is 0 Å². The molecule has 0 aliphatic heterocycles. The number of amides is 1. The van der Waals surface area contributed by atoms with Crippen molar-refractivity contribution in [2.45, 2.75) is 45.1 Å². The fourth-order valence-corrected chi connectivity index (χ4v) is 1.86. The van der Waals surface area contributed by atoms with Crippen molar-refractivity contribution in [2.24, 2.45) is 0 Å². The van der Waals surface area contributed by atoms with Crippen LogP contribution in [0.4, 0.5) is 10.5 Å². The van der Waals surface area contributed by atoms with Gasteiger partial charge in [-0.2, -0.15) is 5.26 Å². The van der Waals surface area contributed by atoms with Gasteiger partial charge in [-0.25, -0.2) is 4.79 Å². The Labute approximate surface area is 135 Å². The maximum absolute atomic E-state index is 11.9. The van der Waals surface area contributed by atoms with Gasteiger partial charge in [0, 0.05) is 5.69 Å². The lowest BCUT2D eigenvalue weighted by atomic mass is 10.0. The summed E-state index contributed by atoms with van der Waals surface area (Å²) in [5.74, 6) is -0.158. The van der Waals surface area contributed by atoms with Crippen molar-refractivity contribution in [2.75, 3.05) is 5.32 Å². The molecule has 0 aliphatic rings. The first-order valence-corrected chi connectivity index (χ1v) is 7.23. The van der Waals surface area contributed by atoms with Crippen LogP contribution < -0.4 is 5.32 Å². The van der Waals surface area contributed by atoms with Crippen molar-refractivity contribution in [1.82, 2.24) is 0 Å². The quantitative estimate of drug-likeness (QED) is 0.858. The van der Waals surface area contributed by atoms with E-state index in [2.05, 4.69) is 5.32 Å². The highest BCUT2D eigenvalue weighted by Crippen LogP contribution is 2.22. The normalized spacial score (nSPS) is 12.2. The summed E-state index contributed by atoms with van der Waals surface area (Å²) in [5, 5.41) is 10.9. The molecular formula is C16H19ClN2O3. The number of nitrogens with zero attached hydrogens (tertiary/aromatic N) is 1. The lowest BCUT2D eigenvalue weighted by Crippen LogP contribution is -2.27. The van der Waals surface area contributed by atoms with Crippen LogP contribution in [0, 0.1) is 11.3 Å². The van der Waals surface area contributed by atoms with E-state index in [1.165, 1.54) is 13.0 Å². The minimum absolute atomic E-state index is 0.158. The Morgan fingerprint density at radius 1 is 1.41 bits per heavy atom. The van der Waals surface area contributed by atoms with Gasteiger partial charge in [-0.05, 0) is 51.8 Å². The zero-order valence-corrected chi connectivity index (χ0v) is 13.8. The molecule has 118 valence electrons. The number of hydrogen-bond donors (Lipinski definition) is 1. The van der Waals surface area contributed by atoms with Crippen LogP contribution in [0.25, 0.3) is 0 Å². The molecule has 0 bridgehead atoms. The number of nitrogens with one attached hydrogen (secondary N) is 1. The average molecular weight is 323 g/mol. The zero-order valence-electron chi connectivity index (χ0n) is 13.1. The van der Waals surface area contributed by atoms with Crippen molar-refractivity contribution in [3.8, 4) is 6.07 Å². The number of Topliss-reactive ketones (excluding diaryl/α,β-unsaturated/α-hetero) is 1. The molecule has 6 heteroatoms. The van der Waals surface area contributed by atoms with Gasteiger partial charge in [0.2, 0.25) is 0 Å². The molecule has 0 heterocycles. The van der Waals surface area contributed by atoms with Gasteiger partial charge < -0.3 is 4.74 Å². The summed E-state index contributed by atoms with van der Waals surface area (Å²) in [4.78, 5) is 23.2. The first-order chi connectivity index (χ1) is 10.1. The molecule has 0 aromatic heterocycles. The highest BCUT2D eigenvalue weighted by Gasteiger charge is 2.19. The van der Waals surface area contributed by atoms with E-state index < -0.39 is 17.1 Å². The van der Waals surface area contributed by atoms with Crippen molar-refractivity contribution < 1.29 is 14.3 Å². The van der Waals surface area contributed by atoms with Gasteiger partial charge in [-0.1, -0.05) is 6.07 Å². The Kier molecular flexibility index (Phi) is 5.95. The number of hydrogen-bond acceptors (Lipinski definition) is 4. The number of carbonyl (C=O) groups excluding carboxylic acids is 2. The van der Waals surface area contributed by atoms with E-state index in [0.717, 1.165) is 0 Å². The van der Waals surface area contributed by atoms with Crippen LogP contribution in [0.5, 0.6) is 0 Å². The molecular weight excluding hydrogens is 304 g/mol. The maximum atomic E-state index is 11.9. The third-order valence-electron chi connectivity index (χ3n) is 2.71. The predicted molar refractivity (Wildman–Crippen MR) is 85.0 cm³/mol. The highest BCUT2D eigenvalue weighted by atomic mass is 35.5. The number of benzene rings is 1. The number of ketones is 1. The molecule has 0 aliphatic carbocycles. The van der Waals surface area contributed by atoms with Gasteiger partial charge in [0.05, 0.1) is 17.0 Å². The fraction of sp³-hybridized carbons (Fsp3) is 0.438. The molecule has 0 fully saturated rings. The fourth-order valence-electron chi connectivity index (χ4n) is 1.69. The molecule has 1 rings (SSSR count). The van der Waals surface area contributed by atoms with E-state index >= 15 is 0 Å². The van der Waals surface area contributed by atoms with Gasteiger partial charge in [0.15, 0.2) is 0 Å². The van der Waals surface area contributed by atoms with Crippen LogP contribution in [-0.4, -0.2) is 22.9 Å². The van der Waals surface area contributed by atoms with Gasteiger partial charge in [0.25, 0.3) is 0 Å². The molecule has 5 nitrogen and oxygen atoms in total. The Balaban J connectivity index is 3.01. The summed E-state index contributed by atoms with van der Waals surface area (Å²) in [6, 6.07) is 6.81. The second kappa shape index (κ2) is 7.28. The molecule has 1 aromatic carbocycles. The largest absolute Gasteiger partial charge is 0.444 e. The lowest BCUT2D eigenvalue weighted by molar-refractivity contribution is -0.116. The van der Waals surface area contributed by atoms with E-state index in [-0.39, 0.29) is 12.2 Å². The van der Waals surface area contributed by atoms with Crippen molar-refractivity contribution in [1.29, 1.82) is 5.26 Å². The molecule has 1 atom stereocenters. The summed E-state index contributed by atoms with van der Waals surface area (Å²) >= 11 is 5.98. The van der Waals surface area contributed by atoms with Crippen LogP contribution in [0.3, 0.4) is 0 Å². The monoisotopic (exact) mass is 322 g/mol. The Bertz CT molecular complexity index is 615. The van der Waals surface area contributed by atoms with Crippen LogP contribution in [0.15, 0.2) is 18.2 Å². The summed E-state index contributed by atoms with van der Waals surface area (Å²) in [6.07, 6.45) is -0.369. The number of carbonyl (C=O) groups is 2. The first kappa shape index (κ1) is 18.0. The standard InChI is InChI=1S/C16H19ClN2O3/c1-10(20)13(17)8-12-6-5-11(9-18)7-14(12)19-15(21)22-16(2,3)4/h5-7,13H,8H2,1-4H3,(H,19,21). The van der Waals surface area contributed by atoms with Crippen molar-refractivity contribution >= 4 is 29.2 Å². The van der Waals surface area contributed by atoms with E-state index in [0.29, 0.717) is 16.8 Å². The Morgan fingerprint density at radius 2 is 2.05 bits per heavy atom. The van der Waals surface area contributed by atoms with E-state index in [4.69, 9.17) is 21.6 Å². The highest BCUT2D eigenvalue weighted by molar-refractivity contribution is 6.30.